The van der Waals surface area contributed by atoms with Crippen molar-refractivity contribution in [3.8, 4) is 0 Å². The molecule has 6 aromatic heterocycles. The molecule has 2 N–H and O–H groups in total. The number of aromatic nitrogens is 9. The topological polar surface area (TPSA) is 123 Å². The molecule has 0 radical (unpaired) electrons. The van der Waals surface area contributed by atoms with Gasteiger partial charge in [0.05, 0.1) is 35.2 Å². The van der Waals surface area contributed by atoms with Gasteiger partial charge in [-0.3, -0.25) is 9.89 Å². The molecular weight excluding hydrogens is 402 g/mol. The first-order valence-corrected chi connectivity index (χ1v) is 10.1. The lowest BCUT2D eigenvalue weighted by Gasteiger charge is -2.05. The number of aryl methyl sites for hydroxylation is 1. The van der Waals surface area contributed by atoms with E-state index >= 15 is 0 Å². The monoisotopic (exact) mass is 417 g/mol. The Hall–Kier alpha value is -3.86. The van der Waals surface area contributed by atoms with E-state index in [1.165, 1.54) is 4.68 Å². The van der Waals surface area contributed by atoms with Crippen molar-refractivity contribution in [2.75, 3.05) is 0 Å². The van der Waals surface area contributed by atoms with Crippen molar-refractivity contribution >= 4 is 43.8 Å². The zero-order valence-electron chi connectivity index (χ0n) is 15.8. The molecule has 0 unspecified atom stereocenters. The van der Waals surface area contributed by atoms with Crippen LogP contribution in [-0.4, -0.2) is 44.5 Å². The number of thiazole rings is 1. The summed E-state index contributed by atoms with van der Waals surface area (Å²) in [6.45, 7) is 0.278. The van der Waals surface area contributed by atoms with Gasteiger partial charge in [0.2, 0.25) is 0 Å². The average Bonchev–Trinajstić information content (AvgIpc) is 3.51. The Morgan fingerprint density at radius 3 is 2.97 bits per heavy atom. The summed E-state index contributed by atoms with van der Waals surface area (Å²) in [5, 5.41) is 13.2. The van der Waals surface area contributed by atoms with Crippen molar-refractivity contribution in [3.63, 3.8) is 0 Å². The summed E-state index contributed by atoms with van der Waals surface area (Å²) < 4.78 is 4.24. The van der Waals surface area contributed by atoms with Gasteiger partial charge in [0, 0.05) is 25.1 Å². The first-order valence-electron chi connectivity index (χ1n) is 9.29. The molecule has 6 heterocycles. The molecule has 0 bridgehead atoms. The molecule has 0 atom stereocenters. The lowest BCUT2D eigenvalue weighted by Crippen LogP contribution is -2.25. The predicted molar refractivity (Wildman–Crippen MR) is 113 cm³/mol. The van der Waals surface area contributed by atoms with Crippen LogP contribution in [0.15, 0.2) is 41.7 Å². The second kappa shape index (κ2) is 6.32. The maximum Gasteiger partial charge on any atom is 0.291 e. The maximum absolute atomic E-state index is 13.2. The van der Waals surface area contributed by atoms with Gasteiger partial charge in [-0.1, -0.05) is 0 Å². The lowest BCUT2D eigenvalue weighted by atomic mass is 10.3. The van der Waals surface area contributed by atoms with Gasteiger partial charge in [-0.15, -0.1) is 11.3 Å². The predicted octanol–water partition coefficient (Wildman–Crippen LogP) is 1.98. The van der Waals surface area contributed by atoms with E-state index < -0.39 is 0 Å². The van der Waals surface area contributed by atoms with Crippen LogP contribution >= 0.6 is 11.3 Å². The van der Waals surface area contributed by atoms with Crippen molar-refractivity contribution in [1.82, 2.24) is 44.5 Å². The molecule has 0 aliphatic heterocycles. The third-order valence-electron chi connectivity index (χ3n) is 5.11. The molecule has 0 saturated carbocycles. The molecule has 6 rings (SSSR count). The second-order valence-electron chi connectivity index (χ2n) is 7.00. The third kappa shape index (κ3) is 2.55. The van der Waals surface area contributed by atoms with Gasteiger partial charge < -0.3 is 9.55 Å². The first-order chi connectivity index (χ1) is 14.7. The number of rotatable bonds is 4. The Bertz CT molecular complexity index is 1590. The highest BCUT2D eigenvalue weighted by Gasteiger charge is 2.19. The zero-order valence-corrected chi connectivity index (χ0v) is 16.6. The number of pyridine rings is 1. The van der Waals surface area contributed by atoms with Crippen LogP contribution < -0.4 is 5.56 Å². The molecule has 11 heteroatoms. The molecule has 0 aromatic carbocycles. The second-order valence-corrected chi connectivity index (χ2v) is 8.09. The van der Waals surface area contributed by atoms with Gasteiger partial charge >= 0.3 is 0 Å². The van der Waals surface area contributed by atoms with Gasteiger partial charge in [-0.25, -0.2) is 19.6 Å². The first kappa shape index (κ1) is 17.0. The summed E-state index contributed by atoms with van der Waals surface area (Å²) in [5.74, 6) is 0. The molecule has 0 amide bonds. The van der Waals surface area contributed by atoms with Crippen molar-refractivity contribution in [2.24, 2.45) is 7.05 Å². The lowest BCUT2D eigenvalue weighted by molar-refractivity contribution is 0.634. The van der Waals surface area contributed by atoms with Crippen LogP contribution in [-0.2, 0) is 20.0 Å². The van der Waals surface area contributed by atoms with E-state index in [-0.39, 0.29) is 12.1 Å². The van der Waals surface area contributed by atoms with Crippen LogP contribution in [0.2, 0.25) is 0 Å². The fourth-order valence-electron chi connectivity index (χ4n) is 3.67. The van der Waals surface area contributed by atoms with Crippen molar-refractivity contribution < 1.29 is 0 Å². The van der Waals surface area contributed by atoms with Gasteiger partial charge in [0.15, 0.2) is 11.3 Å². The van der Waals surface area contributed by atoms with Crippen LogP contribution in [0.1, 0.15) is 16.4 Å². The molecule has 6 aromatic rings. The van der Waals surface area contributed by atoms with Crippen LogP contribution in [0, 0.1) is 0 Å². The summed E-state index contributed by atoms with van der Waals surface area (Å²) in [7, 11) is 1.86. The number of nitrogens with one attached hydrogen (secondary N) is 2. The molecule has 0 fully saturated rings. The summed E-state index contributed by atoms with van der Waals surface area (Å²) in [4.78, 5) is 29.6. The van der Waals surface area contributed by atoms with Crippen LogP contribution in [0.5, 0.6) is 0 Å². The quantitative estimate of drug-likeness (QED) is 0.452. The molecule has 10 nitrogen and oxygen atoms in total. The van der Waals surface area contributed by atoms with Crippen molar-refractivity contribution in [2.45, 2.75) is 13.0 Å². The minimum Gasteiger partial charge on any atom is -0.329 e. The number of hydrogen-bond donors (Lipinski definition) is 2. The largest absolute Gasteiger partial charge is 0.329 e. The fourth-order valence-corrected chi connectivity index (χ4v) is 4.79. The minimum atomic E-state index is -0.166. The number of nitrogens with zero attached hydrogens (tertiary/aromatic N) is 7. The summed E-state index contributed by atoms with van der Waals surface area (Å²) >= 11 is 1.57. The zero-order chi connectivity index (χ0) is 20.2. The van der Waals surface area contributed by atoms with E-state index in [2.05, 4.69) is 30.2 Å². The van der Waals surface area contributed by atoms with Crippen LogP contribution in [0.25, 0.3) is 32.4 Å². The average molecular weight is 417 g/mol. The van der Waals surface area contributed by atoms with E-state index in [0.29, 0.717) is 17.6 Å². The van der Waals surface area contributed by atoms with Gasteiger partial charge in [-0.2, -0.15) is 10.2 Å². The fraction of sp³-hybridized carbons (Fsp3) is 0.158. The number of hydrogen-bond acceptors (Lipinski definition) is 7. The van der Waals surface area contributed by atoms with Gasteiger partial charge in [0.25, 0.3) is 5.56 Å². The van der Waals surface area contributed by atoms with E-state index in [0.717, 1.165) is 37.6 Å². The maximum atomic E-state index is 13.2. The molecule has 0 spiro atoms. The Morgan fingerprint density at radius 1 is 1.17 bits per heavy atom. The molecule has 30 heavy (non-hydrogen) atoms. The summed E-state index contributed by atoms with van der Waals surface area (Å²) in [6, 6.07) is 5.66. The summed E-state index contributed by atoms with van der Waals surface area (Å²) in [5.41, 5.74) is 4.35. The Morgan fingerprint density at radius 2 is 2.10 bits per heavy atom. The van der Waals surface area contributed by atoms with E-state index in [4.69, 9.17) is 4.98 Å². The third-order valence-corrected chi connectivity index (χ3v) is 6.19. The van der Waals surface area contributed by atoms with Gasteiger partial charge in [0.1, 0.15) is 16.0 Å². The van der Waals surface area contributed by atoms with Crippen molar-refractivity contribution in [3.05, 3.63) is 63.7 Å². The highest BCUT2D eigenvalue weighted by atomic mass is 32.1. The van der Waals surface area contributed by atoms with E-state index in [9.17, 15) is 4.79 Å². The number of H-pyrrole nitrogens is 2. The highest BCUT2D eigenvalue weighted by molar-refractivity contribution is 7.19. The van der Waals surface area contributed by atoms with E-state index in [1.807, 2.05) is 29.8 Å². The Kier molecular flexibility index (Phi) is 3.59. The molecule has 0 aliphatic rings. The van der Waals surface area contributed by atoms with E-state index in [1.54, 1.807) is 30.1 Å². The highest BCUT2D eigenvalue weighted by Crippen LogP contribution is 2.31. The van der Waals surface area contributed by atoms with Gasteiger partial charge in [-0.05, 0) is 18.2 Å². The number of fused-ring (bicyclic) bond motifs is 4. The number of imidazole rings is 1. The van der Waals surface area contributed by atoms with Crippen LogP contribution in [0.3, 0.4) is 0 Å². The molecular formula is C19H15N9OS. The molecule has 0 aliphatic carbocycles. The van der Waals surface area contributed by atoms with Crippen molar-refractivity contribution in [1.29, 1.82) is 0 Å². The smallest absolute Gasteiger partial charge is 0.291 e. The summed E-state index contributed by atoms with van der Waals surface area (Å²) in [6.07, 6.45) is 5.78. The SMILES string of the molecule is Cn1c2nc(Cc3cc[nH]n3)sc2c2cnn(Cc3ccc4nc[nH]c4n3)c(=O)c21. The molecule has 0 saturated heterocycles. The standard InChI is InChI=1S/C19H15N9OS/c1-27-15-12(16-18(27)25-14(30-16)6-10-4-5-22-26-10)7-23-28(19(15)29)8-11-2-3-13-17(24-11)21-9-20-13/h2-5,7,9H,6,8H2,1H3,(H,22,26)(H,20,21,24). The minimum absolute atomic E-state index is 0.166. The van der Waals surface area contributed by atoms with Crippen LogP contribution in [0.4, 0.5) is 0 Å². The molecule has 148 valence electrons. The Labute approximate surface area is 172 Å². The number of aromatic amines is 2. The normalized spacial score (nSPS) is 11.9. The Balaban J connectivity index is 1.42.